The Morgan fingerprint density at radius 3 is 2.25 bits per heavy atom. The number of hydrogen-bond acceptors (Lipinski definition) is 3. The number of rotatable bonds is 4. The van der Waals surface area contributed by atoms with E-state index in [1.165, 1.54) is 0 Å². The summed E-state index contributed by atoms with van der Waals surface area (Å²) in [4.78, 5) is 12.2. The monoisotopic (exact) mass is 343 g/mol. The SMILES string of the molecule is Cc1ccc(S(=O)(=O)Nc2ccc([C@H]3CCCCC3=O)cc2)cc1. The van der Waals surface area contributed by atoms with Crippen molar-refractivity contribution >= 4 is 21.5 Å². The normalized spacial score (nSPS) is 18.4. The van der Waals surface area contributed by atoms with Gasteiger partial charge < -0.3 is 0 Å². The van der Waals surface area contributed by atoms with E-state index in [0.29, 0.717) is 12.1 Å². The summed E-state index contributed by atoms with van der Waals surface area (Å²) < 4.78 is 27.4. The van der Waals surface area contributed by atoms with Gasteiger partial charge in [0.25, 0.3) is 10.0 Å². The number of ketones is 1. The highest BCUT2D eigenvalue weighted by Gasteiger charge is 2.23. The fourth-order valence-electron chi connectivity index (χ4n) is 3.05. The fraction of sp³-hybridized carbons (Fsp3) is 0.316. The van der Waals surface area contributed by atoms with E-state index in [2.05, 4.69) is 4.72 Å². The molecule has 0 spiro atoms. The number of carbonyl (C=O) groups is 1. The Kier molecular flexibility index (Phi) is 4.71. The molecule has 3 rings (SSSR count). The molecule has 0 saturated heterocycles. The van der Waals surface area contributed by atoms with Gasteiger partial charge in [-0.2, -0.15) is 0 Å². The van der Waals surface area contributed by atoms with Gasteiger partial charge in [-0.05, 0) is 49.6 Å². The van der Waals surface area contributed by atoms with Crippen LogP contribution in [0.25, 0.3) is 0 Å². The van der Waals surface area contributed by atoms with Gasteiger partial charge in [-0.1, -0.05) is 36.2 Å². The van der Waals surface area contributed by atoms with Gasteiger partial charge in [-0.3, -0.25) is 9.52 Å². The number of anilines is 1. The Morgan fingerprint density at radius 2 is 1.62 bits per heavy atom. The summed E-state index contributed by atoms with van der Waals surface area (Å²) in [5.74, 6) is 0.246. The van der Waals surface area contributed by atoms with Gasteiger partial charge in [-0.25, -0.2) is 8.42 Å². The Hall–Kier alpha value is -2.14. The third-order valence-corrected chi connectivity index (χ3v) is 5.85. The van der Waals surface area contributed by atoms with Crippen LogP contribution in [0.1, 0.15) is 42.7 Å². The standard InChI is InChI=1S/C19H21NO3S/c1-14-6-12-17(13-7-14)24(22,23)20-16-10-8-15(9-11-16)18-4-2-3-5-19(18)21/h6-13,18,20H,2-5H2,1H3/t18-/m1/s1. The zero-order valence-corrected chi connectivity index (χ0v) is 14.5. The van der Waals surface area contributed by atoms with Crippen molar-refractivity contribution in [1.82, 2.24) is 0 Å². The van der Waals surface area contributed by atoms with E-state index in [1.807, 2.05) is 19.1 Å². The van der Waals surface area contributed by atoms with Crippen molar-refractivity contribution in [2.24, 2.45) is 0 Å². The number of hydrogen-bond donors (Lipinski definition) is 1. The van der Waals surface area contributed by atoms with Crippen molar-refractivity contribution in [1.29, 1.82) is 0 Å². The molecular weight excluding hydrogens is 322 g/mol. The van der Waals surface area contributed by atoms with Crippen molar-refractivity contribution in [3.8, 4) is 0 Å². The Labute approximate surface area is 143 Å². The molecule has 5 heteroatoms. The van der Waals surface area contributed by atoms with Gasteiger partial charge in [0.05, 0.1) is 4.90 Å². The minimum atomic E-state index is -3.60. The topological polar surface area (TPSA) is 63.2 Å². The lowest BCUT2D eigenvalue weighted by atomic mass is 9.83. The van der Waals surface area contributed by atoms with E-state index in [-0.39, 0.29) is 16.6 Å². The molecule has 0 aromatic heterocycles. The van der Waals surface area contributed by atoms with Gasteiger partial charge in [0.15, 0.2) is 0 Å². The van der Waals surface area contributed by atoms with Crippen LogP contribution in [0.5, 0.6) is 0 Å². The van der Waals surface area contributed by atoms with Crippen molar-refractivity contribution in [3.63, 3.8) is 0 Å². The summed E-state index contributed by atoms with van der Waals surface area (Å²) in [7, 11) is -3.60. The highest BCUT2D eigenvalue weighted by atomic mass is 32.2. The fourth-order valence-corrected chi connectivity index (χ4v) is 4.11. The first-order valence-electron chi connectivity index (χ1n) is 8.18. The van der Waals surface area contributed by atoms with Gasteiger partial charge in [0.1, 0.15) is 5.78 Å². The molecule has 1 saturated carbocycles. The Morgan fingerprint density at radius 1 is 0.958 bits per heavy atom. The molecule has 0 radical (unpaired) electrons. The summed E-state index contributed by atoms with van der Waals surface area (Å²) in [5.41, 5.74) is 2.48. The van der Waals surface area contributed by atoms with Gasteiger partial charge in [0.2, 0.25) is 0 Å². The third-order valence-electron chi connectivity index (χ3n) is 4.45. The second kappa shape index (κ2) is 6.77. The number of nitrogens with one attached hydrogen (secondary N) is 1. The zero-order valence-electron chi connectivity index (χ0n) is 13.7. The number of Topliss-reactive ketones (excluding diaryl/α,β-unsaturated/α-hetero) is 1. The summed E-state index contributed by atoms with van der Waals surface area (Å²) in [6.07, 6.45) is 3.57. The number of aryl methyl sites for hydroxylation is 1. The van der Waals surface area contributed by atoms with Crippen LogP contribution in [0.3, 0.4) is 0 Å². The second-order valence-corrected chi connectivity index (χ2v) is 7.99. The van der Waals surface area contributed by atoms with E-state index in [9.17, 15) is 13.2 Å². The molecule has 1 fully saturated rings. The number of sulfonamides is 1. The molecule has 0 amide bonds. The van der Waals surface area contributed by atoms with E-state index in [1.54, 1.807) is 36.4 Å². The molecule has 1 atom stereocenters. The van der Waals surface area contributed by atoms with E-state index < -0.39 is 10.0 Å². The molecule has 0 unspecified atom stereocenters. The van der Waals surface area contributed by atoms with Gasteiger partial charge >= 0.3 is 0 Å². The Bertz CT molecular complexity index is 824. The average Bonchev–Trinajstić information content (AvgIpc) is 2.56. The zero-order chi connectivity index (χ0) is 17.2. The van der Waals surface area contributed by atoms with Gasteiger partial charge in [-0.15, -0.1) is 0 Å². The first kappa shape index (κ1) is 16.7. The minimum absolute atomic E-state index is 0.0403. The molecule has 1 aliphatic carbocycles. The van der Waals surface area contributed by atoms with Crippen molar-refractivity contribution in [2.75, 3.05) is 4.72 Å². The van der Waals surface area contributed by atoms with Crippen LogP contribution in [0.4, 0.5) is 5.69 Å². The predicted molar refractivity (Wildman–Crippen MR) is 94.6 cm³/mol. The van der Waals surface area contributed by atoms with Crippen LogP contribution < -0.4 is 4.72 Å². The maximum atomic E-state index is 12.4. The quantitative estimate of drug-likeness (QED) is 0.912. The summed E-state index contributed by atoms with van der Waals surface area (Å²) in [6.45, 7) is 1.91. The molecule has 2 aromatic carbocycles. The number of benzene rings is 2. The highest BCUT2D eigenvalue weighted by molar-refractivity contribution is 7.92. The second-order valence-electron chi connectivity index (χ2n) is 6.31. The van der Waals surface area contributed by atoms with Crippen LogP contribution in [0, 0.1) is 6.92 Å². The van der Waals surface area contributed by atoms with Crippen molar-refractivity contribution < 1.29 is 13.2 Å². The van der Waals surface area contributed by atoms with Crippen LogP contribution in [-0.2, 0) is 14.8 Å². The maximum Gasteiger partial charge on any atom is 0.261 e. The van der Waals surface area contributed by atoms with Gasteiger partial charge in [0, 0.05) is 18.0 Å². The summed E-state index contributed by atoms with van der Waals surface area (Å²) >= 11 is 0. The van der Waals surface area contributed by atoms with Crippen molar-refractivity contribution in [2.45, 2.75) is 43.4 Å². The van der Waals surface area contributed by atoms with E-state index >= 15 is 0 Å². The lowest BCUT2D eigenvalue weighted by Crippen LogP contribution is -2.17. The Balaban J connectivity index is 1.76. The van der Waals surface area contributed by atoms with E-state index in [0.717, 1.165) is 30.4 Å². The van der Waals surface area contributed by atoms with Crippen LogP contribution in [0.15, 0.2) is 53.4 Å². The molecule has 4 nitrogen and oxygen atoms in total. The van der Waals surface area contributed by atoms with E-state index in [4.69, 9.17) is 0 Å². The molecule has 0 heterocycles. The molecule has 1 aliphatic rings. The third kappa shape index (κ3) is 3.67. The molecule has 2 aromatic rings. The van der Waals surface area contributed by atoms with Crippen LogP contribution in [0.2, 0.25) is 0 Å². The molecule has 126 valence electrons. The van der Waals surface area contributed by atoms with Crippen LogP contribution >= 0.6 is 0 Å². The predicted octanol–water partition coefficient (Wildman–Crippen LogP) is 4.02. The average molecular weight is 343 g/mol. The lowest BCUT2D eigenvalue weighted by Gasteiger charge is -2.21. The smallest absolute Gasteiger partial charge is 0.261 e. The summed E-state index contributed by atoms with van der Waals surface area (Å²) in [6, 6.07) is 13.9. The first-order valence-corrected chi connectivity index (χ1v) is 9.66. The number of carbonyl (C=O) groups excluding carboxylic acids is 1. The molecule has 24 heavy (non-hydrogen) atoms. The highest BCUT2D eigenvalue weighted by Crippen LogP contribution is 2.30. The molecular formula is C19H21NO3S. The molecule has 0 aliphatic heterocycles. The maximum absolute atomic E-state index is 12.4. The summed E-state index contributed by atoms with van der Waals surface area (Å²) in [5, 5.41) is 0. The van der Waals surface area contributed by atoms with Crippen molar-refractivity contribution in [3.05, 3.63) is 59.7 Å². The lowest BCUT2D eigenvalue weighted by molar-refractivity contribution is -0.121. The molecule has 1 N–H and O–H groups in total. The van der Waals surface area contributed by atoms with Crippen LogP contribution in [-0.4, -0.2) is 14.2 Å². The first-order chi connectivity index (χ1) is 11.5. The molecule has 0 bridgehead atoms. The largest absolute Gasteiger partial charge is 0.299 e. The minimum Gasteiger partial charge on any atom is -0.299 e.